The Balaban J connectivity index is 2.21. The van der Waals surface area contributed by atoms with Gasteiger partial charge < -0.3 is 5.32 Å². The van der Waals surface area contributed by atoms with Gasteiger partial charge in [-0.2, -0.15) is 5.26 Å². The first kappa shape index (κ1) is 14.4. The Labute approximate surface area is 121 Å². The van der Waals surface area contributed by atoms with E-state index in [4.69, 9.17) is 5.26 Å². The summed E-state index contributed by atoms with van der Waals surface area (Å²) in [7, 11) is 0. The summed E-state index contributed by atoms with van der Waals surface area (Å²) in [5.74, 6) is -0.478. The normalized spacial score (nSPS) is 20.2. The number of amides is 1. The van der Waals surface area contributed by atoms with Crippen LogP contribution in [-0.2, 0) is 16.0 Å². The standard InChI is InChI=1S/C15H14N2O2S/c1-9-5-3-4-6-11(9)7-13-14(19)17-15(20-13)12(8-16)10(2)18/h3-6,13H,7H2,1-2H3,(H,17,19). The van der Waals surface area contributed by atoms with Gasteiger partial charge in [0.25, 0.3) is 0 Å². The van der Waals surface area contributed by atoms with Crippen molar-refractivity contribution in [3.63, 3.8) is 0 Å². The number of rotatable bonds is 3. The number of nitrogens with zero attached hydrogens (tertiary/aromatic N) is 1. The molecule has 20 heavy (non-hydrogen) atoms. The molecule has 1 N–H and O–H groups in total. The Morgan fingerprint density at radius 1 is 1.45 bits per heavy atom. The fourth-order valence-electron chi connectivity index (χ4n) is 2.00. The molecule has 1 fully saturated rings. The van der Waals surface area contributed by atoms with Gasteiger partial charge in [-0.1, -0.05) is 36.0 Å². The molecule has 0 aliphatic carbocycles. The molecule has 1 aliphatic rings. The highest BCUT2D eigenvalue weighted by atomic mass is 32.2. The highest BCUT2D eigenvalue weighted by molar-refractivity contribution is 8.04. The second-order valence-electron chi connectivity index (χ2n) is 4.60. The van der Waals surface area contributed by atoms with E-state index in [2.05, 4.69) is 5.32 Å². The molecule has 0 spiro atoms. The van der Waals surface area contributed by atoms with E-state index in [0.29, 0.717) is 11.4 Å². The average molecular weight is 286 g/mol. The SMILES string of the molecule is CC(=O)C(C#N)=C1NC(=O)C(Cc2ccccc2C)S1. The van der Waals surface area contributed by atoms with Gasteiger partial charge in [-0.05, 0) is 31.4 Å². The summed E-state index contributed by atoms with van der Waals surface area (Å²) in [6.07, 6.45) is 0.587. The van der Waals surface area contributed by atoms with E-state index >= 15 is 0 Å². The van der Waals surface area contributed by atoms with Gasteiger partial charge in [0.15, 0.2) is 5.78 Å². The van der Waals surface area contributed by atoms with E-state index in [1.54, 1.807) is 0 Å². The molecule has 1 aromatic carbocycles. The van der Waals surface area contributed by atoms with Crippen LogP contribution in [0.3, 0.4) is 0 Å². The summed E-state index contributed by atoms with van der Waals surface area (Å²) in [5, 5.41) is 11.7. The van der Waals surface area contributed by atoms with Crippen molar-refractivity contribution in [2.75, 3.05) is 0 Å². The Kier molecular flexibility index (Phi) is 4.26. The lowest BCUT2D eigenvalue weighted by atomic mass is 10.0. The Hall–Kier alpha value is -2.06. The predicted octanol–water partition coefficient (Wildman–Crippen LogP) is 2.09. The number of carbonyl (C=O) groups excluding carboxylic acids is 2. The topological polar surface area (TPSA) is 70.0 Å². The summed E-state index contributed by atoms with van der Waals surface area (Å²) in [6.45, 7) is 3.33. The Morgan fingerprint density at radius 3 is 2.75 bits per heavy atom. The van der Waals surface area contributed by atoms with E-state index in [0.717, 1.165) is 11.1 Å². The first-order chi connectivity index (χ1) is 9.52. The van der Waals surface area contributed by atoms with Crippen LogP contribution in [0.2, 0.25) is 0 Å². The minimum atomic E-state index is -0.327. The maximum atomic E-state index is 12.0. The monoisotopic (exact) mass is 286 g/mol. The van der Waals surface area contributed by atoms with Gasteiger partial charge in [-0.15, -0.1) is 0 Å². The third kappa shape index (κ3) is 2.91. The maximum absolute atomic E-state index is 12.0. The predicted molar refractivity (Wildman–Crippen MR) is 77.7 cm³/mol. The molecule has 1 amide bonds. The van der Waals surface area contributed by atoms with E-state index in [1.807, 2.05) is 37.3 Å². The number of benzene rings is 1. The number of hydrogen-bond donors (Lipinski definition) is 1. The molecule has 1 heterocycles. The number of allylic oxidation sites excluding steroid dienone is 1. The molecule has 1 atom stereocenters. The van der Waals surface area contributed by atoms with E-state index in [9.17, 15) is 9.59 Å². The van der Waals surface area contributed by atoms with Crippen LogP contribution in [0.4, 0.5) is 0 Å². The number of nitrogens with one attached hydrogen (secondary N) is 1. The zero-order valence-corrected chi connectivity index (χ0v) is 12.1. The molecular weight excluding hydrogens is 272 g/mol. The molecule has 0 radical (unpaired) electrons. The summed E-state index contributed by atoms with van der Waals surface area (Å²) in [6, 6.07) is 9.73. The lowest BCUT2D eigenvalue weighted by Gasteiger charge is -2.08. The third-order valence-electron chi connectivity index (χ3n) is 3.15. The molecule has 102 valence electrons. The zero-order chi connectivity index (χ0) is 14.7. The molecule has 4 nitrogen and oxygen atoms in total. The maximum Gasteiger partial charge on any atom is 0.238 e. The molecular formula is C15H14N2O2S. The first-order valence-electron chi connectivity index (χ1n) is 6.20. The van der Waals surface area contributed by atoms with Crippen molar-refractivity contribution >= 4 is 23.5 Å². The fraction of sp³-hybridized carbons (Fsp3) is 0.267. The van der Waals surface area contributed by atoms with Crippen molar-refractivity contribution in [1.29, 1.82) is 5.26 Å². The smallest absolute Gasteiger partial charge is 0.238 e. The average Bonchev–Trinajstić information content (AvgIpc) is 2.74. The van der Waals surface area contributed by atoms with Crippen LogP contribution < -0.4 is 5.32 Å². The number of carbonyl (C=O) groups is 2. The summed E-state index contributed by atoms with van der Waals surface area (Å²) >= 11 is 1.26. The van der Waals surface area contributed by atoms with Gasteiger partial charge in [0, 0.05) is 0 Å². The van der Waals surface area contributed by atoms with Crippen LogP contribution in [0.5, 0.6) is 0 Å². The van der Waals surface area contributed by atoms with E-state index in [-0.39, 0.29) is 22.5 Å². The Morgan fingerprint density at radius 2 is 2.15 bits per heavy atom. The van der Waals surface area contributed by atoms with Crippen molar-refractivity contribution < 1.29 is 9.59 Å². The van der Waals surface area contributed by atoms with E-state index in [1.165, 1.54) is 18.7 Å². The van der Waals surface area contributed by atoms with Crippen LogP contribution in [0.25, 0.3) is 0 Å². The minimum Gasteiger partial charge on any atom is -0.318 e. The Bertz CT molecular complexity index is 644. The van der Waals surface area contributed by atoms with Gasteiger partial charge in [-0.3, -0.25) is 9.59 Å². The molecule has 0 saturated carbocycles. The highest BCUT2D eigenvalue weighted by Gasteiger charge is 2.32. The van der Waals surface area contributed by atoms with Crippen molar-refractivity contribution in [2.45, 2.75) is 25.5 Å². The minimum absolute atomic E-state index is 0.0237. The number of hydrogen-bond acceptors (Lipinski definition) is 4. The van der Waals surface area contributed by atoms with Crippen LogP contribution in [-0.4, -0.2) is 16.9 Å². The van der Waals surface area contributed by atoms with Crippen molar-refractivity contribution in [2.24, 2.45) is 0 Å². The molecule has 1 aromatic rings. The van der Waals surface area contributed by atoms with Crippen LogP contribution in [0.1, 0.15) is 18.1 Å². The van der Waals surface area contributed by atoms with Crippen molar-refractivity contribution in [1.82, 2.24) is 5.32 Å². The molecule has 2 rings (SSSR count). The lowest BCUT2D eigenvalue weighted by molar-refractivity contribution is -0.119. The number of aryl methyl sites for hydroxylation is 1. The lowest BCUT2D eigenvalue weighted by Crippen LogP contribution is -2.24. The number of nitriles is 1. The number of thioether (sulfide) groups is 1. The molecule has 0 aromatic heterocycles. The van der Waals surface area contributed by atoms with Crippen molar-refractivity contribution in [3.8, 4) is 6.07 Å². The summed E-state index contributed by atoms with van der Waals surface area (Å²) in [5.41, 5.74) is 2.25. The van der Waals surface area contributed by atoms with Gasteiger partial charge in [0.2, 0.25) is 5.91 Å². The van der Waals surface area contributed by atoms with Crippen molar-refractivity contribution in [3.05, 3.63) is 46.0 Å². The second-order valence-corrected chi connectivity index (χ2v) is 5.81. The van der Waals surface area contributed by atoms with Crippen LogP contribution in [0.15, 0.2) is 34.9 Å². The molecule has 1 aliphatic heterocycles. The number of ketones is 1. The molecule has 5 heteroatoms. The quantitative estimate of drug-likeness (QED) is 0.682. The third-order valence-corrected chi connectivity index (χ3v) is 4.35. The second kappa shape index (κ2) is 5.93. The number of Topliss-reactive ketones (excluding diaryl/α,β-unsaturated/α-hetero) is 1. The largest absolute Gasteiger partial charge is 0.318 e. The zero-order valence-electron chi connectivity index (χ0n) is 11.3. The summed E-state index contributed by atoms with van der Waals surface area (Å²) in [4.78, 5) is 23.3. The van der Waals surface area contributed by atoms with Crippen LogP contribution >= 0.6 is 11.8 Å². The van der Waals surface area contributed by atoms with Gasteiger partial charge >= 0.3 is 0 Å². The molecule has 1 saturated heterocycles. The van der Waals surface area contributed by atoms with Gasteiger partial charge in [0.1, 0.15) is 11.6 Å². The fourth-order valence-corrected chi connectivity index (χ4v) is 3.18. The molecule has 1 unspecified atom stereocenters. The first-order valence-corrected chi connectivity index (χ1v) is 7.08. The van der Waals surface area contributed by atoms with Crippen LogP contribution in [0, 0.1) is 18.3 Å². The van der Waals surface area contributed by atoms with Gasteiger partial charge in [-0.25, -0.2) is 0 Å². The van der Waals surface area contributed by atoms with Gasteiger partial charge in [0.05, 0.1) is 10.3 Å². The van der Waals surface area contributed by atoms with E-state index < -0.39 is 0 Å². The highest BCUT2D eigenvalue weighted by Crippen LogP contribution is 2.32. The molecule has 0 bridgehead atoms. The summed E-state index contributed by atoms with van der Waals surface area (Å²) < 4.78 is 0.